The van der Waals surface area contributed by atoms with Gasteiger partial charge in [0.25, 0.3) is 0 Å². The summed E-state index contributed by atoms with van der Waals surface area (Å²) in [5.74, 6) is -0.550. The van der Waals surface area contributed by atoms with Gasteiger partial charge in [-0.2, -0.15) is 5.26 Å². The molecular weight excluding hydrogens is 210 g/mol. The van der Waals surface area contributed by atoms with Gasteiger partial charge in [-0.15, -0.1) is 0 Å². The third-order valence-corrected chi connectivity index (χ3v) is 2.31. The number of hydrogen-bond acceptors (Lipinski definition) is 4. The Morgan fingerprint density at radius 2 is 2.12 bits per heavy atom. The summed E-state index contributed by atoms with van der Waals surface area (Å²) in [6, 6.07) is 1.15. The van der Waals surface area contributed by atoms with Crippen molar-refractivity contribution < 1.29 is 14.3 Å². The molecule has 0 aromatic heterocycles. The summed E-state index contributed by atoms with van der Waals surface area (Å²) in [5, 5.41) is 10.8. The lowest BCUT2D eigenvalue weighted by Gasteiger charge is -2.29. The van der Waals surface area contributed by atoms with E-state index in [1.54, 1.807) is 17.9 Å². The number of morpholine rings is 1. The van der Waals surface area contributed by atoms with Crippen molar-refractivity contribution in [2.45, 2.75) is 19.4 Å². The van der Waals surface area contributed by atoms with Crippen molar-refractivity contribution in [2.24, 2.45) is 0 Å². The van der Waals surface area contributed by atoms with E-state index in [0.29, 0.717) is 26.3 Å². The molecule has 0 aromatic rings. The molecule has 1 rings (SSSR count). The van der Waals surface area contributed by atoms with Crippen LogP contribution in [0.2, 0.25) is 0 Å². The number of carbonyl (C=O) groups is 2. The summed E-state index contributed by atoms with van der Waals surface area (Å²) in [4.78, 5) is 24.6. The van der Waals surface area contributed by atoms with Gasteiger partial charge in [-0.05, 0) is 6.92 Å². The fraction of sp³-hybridized carbons (Fsp3) is 0.700. The van der Waals surface area contributed by atoms with E-state index in [-0.39, 0.29) is 12.3 Å². The molecule has 6 heteroatoms. The topological polar surface area (TPSA) is 82.4 Å². The largest absolute Gasteiger partial charge is 0.378 e. The molecule has 1 aliphatic rings. The van der Waals surface area contributed by atoms with Gasteiger partial charge in [0.05, 0.1) is 19.3 Å². The third-order valence-electron chi connectivity index (χ3n) is 2.31. The van der Waals surface area contributed by atoms with Crippen LogP contribution in [0.1, 0.15) is 13.3 Å². The van der Waals surface area contributed by atoms with Gasteiger partial charge in [0, 0.05) is 13.1 Å². The number of hydrogen-bond donors (Lipinski definition) is 1. The molecule has 1 aliphatic heterocycles. The van der Waals surface area contributed by atoms with Gasteiger partial charge < -0.3 is 15.0 Å². The Morgan fingerprint density at radius 1 is 1.50 bits per heavy atom. The maximum Gasteiger partial charge on any atom is 0.245 e. The fourth-order valence-corrected chi connectivity index (χ4v) is 1.48. The van der Waals surface area contributed by atoms with Gasteiger partial charge in [0.2, 0.25) is 11.8 Å². The van der Waals surface area contributed by atoms with Crippen LogP contribution in [0.3, 0.4) is 0 Å². The molecule has 0 saturated carbocycles. The number of nitrogens with one attached hydrogen (secondary N) is 1. The molecule has 1 heterocycles. The average molecular weight is 225 g/mol. The molecule has 16 heavy (non-hydrogen) atoms. The number of ether oxygens (including phenoxy) is 1. The molecule has 0 aliphatic carbocycles. The summed E-state index contributed by atoms with van der Waals surface area (Å²) >= 11 is 0. The zero-order valence-electron chi connectivity index (χ0n) is 9.23. The highest BCUT2D eigenvalue weighted by molar-refractivity contribution is 5.88. The van der Waals surface area contributed by atoms with Gasteiger partial charge in [0.1, 0.15) is 12.5 Å². The van der Waals surface area contributed by atoms with E-state index in [2.05, 4.69) is 5.32 Å². The SMILES string of the molecule is CC(NC(=O)CC#N)C(=O)N1CCOCC1. The second kappa shape index (κ2) is 6.08. The van der Waals surface area contributed by atoms with Crippen LogP contribution in [0, 0.1) is 11.3 Å². The highest BCUT2D eigenvalue weighted by Crippen LogP contribution is 2.00. The second-order valence-corrected chi connectivity index (χ2v) is 3.56. The van der Waals surface area contributed by atoms with E-state index in [0.717, 1.165) is 0 Å². The van der Waals surface area contributed by atoms with Gasteiger partial charge in [-0.3, -0.25) is 9.59 Å². The zero-order chi connectivity index (χ0) is 12.0. The number of carbonyl (C=O) groups excluding carboxylic acids is 2. The Bertz CT molecular complexity index is 305. The van der Waals surface area contributed by atoms with E-state index < -0.39 is 11.9 Å². The summed E-state index contributed by atoms with van der Waals surface area (Å²) in [7, 11) is 0. The monoisotopic (exact) mass is 225 g/mol. The molecule has 0 radical (unpaired) electrons. The molecule has 1 fully saturated rings. The lowest BCUT2D eigenvalue weighted by atomic mass is 10.2. The first kappa shape index (κ1) is 12.5. The van der Waals surface area contributed by atoms with E-state index in [9.17, 15) is 9.59 Å². The van der Waals surface area contributed by atoms with Crippen molar-refractivity contribution in [3.8, 4) is 6.07 Å². The van der Waals surface area contributed by atoms with Crippen molar-refractivity contribution >= 4 is 11.8 Å². The Hall–Kier alpha value is -1.61. The fourth-order valence-electron chi connectivity index (χ4n) is 1.48. The van der Waals surface area contributed by atoms with Crippen LogP contribution < -0.4 is 5.32 Å². The number of rotatable bonds is 3. The van der Waals surface area contributed by atoms with Crippen LogP contribution in [0.25, 0.3) is 0 Å². The summed E-state index contributed by atoms with van der Waals surface area (Å²) in [6.45, 7) is 3.79. The first-order valence-electron chi connectivity index (χ1n) is 5.18. The average Bonchev–Trinajstić information content (AvgIpc) is 2.29. The quantitative estimate of drug-likeness (QED) is 0.686. The van der Waals surface area contributed by atoms with E-state index in [4.69, 9.17) is 10.00 Å². The van der Waals surface area contributed by atoms with Gasteiger partial charge in [-0.25, -0.2) is 0 Å². The number of nitriles is 1. The highest BCUT2D eigenvalue weighted by Gasteiger charge is 2.23. The molecule has 88 valence electrons. The molecule has 1 saturated heterocycles. The van der Waals surface area contributed by atoms with E-state index >= 15 is 0 Å². The van der Waals surface area contributed by atoms with Crippen LogP contribution >= 0.6 is 0 Å². The predicted molar refractivity (Wildman–Crippen MR) is 55.2 cm³/mol. The maximum atomic E-state index is 11.8. The second-order valence-electron chi connectivity index (χ2n) is 3.56. The molecule has 2 amide bonds. The first-order chi connectivity index (χ1) is 7.65. The lowest BCUT2D eigenvalue weighted by Crippen LogP contribution is -2.50. The van der Waals surface area contributed by atoms with Crippen LogP contribution in [0.15, 0.2) is 0 Å². The minimum Gasteiger partial charge on any atom is -0.378 e. The minimum atomic E-state index is -0.584. The van der Waals surface area contributed by atoms with Crippen molar-refractivity contribution in [2.75, 3.05) is 26.3 Å². The number of amides is 2. The summed E-state index contributed by atoms with van der Waals surface area (Å²) in [6.07, 6.45) is -0.221. The molecule has 0 aromatic carbocycles. The smallest absolute Gasteiger partial charge is 0.245 e. The van der Waals surface area contributed by atoms with Crippen molar-refractivity contribution in [1.29, 1.82) is 5.26 Å². The van der Waals surface area contributed by atoms with Crippen molar-refractivity contribution in [3.63, 3.8) is 0 Å². The van der Waals surface area contributed by atoms with Gasteiger partial charge in [-0.1, -0.05) is 0 Å². The summed E-state index contributed by atoms with van der Waals surface area (Å²) in [5.41, 5.74) is 0. The third kappa shape index (κ3) is 3.51. The van der Waals surface area contributed by atoms with E-state index in [1.165, 1.54) is 0 Å². The van der Waals surface area contributed by atoms with Crippen LogP contribution in [-0.2, 0) is 14.3 Å². The molecule has 0 spiro atoms. The molecule has 1 unspecified atom stereocenters. The van der Waals surface area contributed by atoms with E-state index in [1.807, 2.05) is 0 Å². The minimum absolute atomic E-state index is 0.130. The Balaban J connectivity index is 2.40. The summed E-state index contributed by atoms with van der Waals surface area (Å²) < 4.78 is 5.12. The maximum absolute atomic E-state index is 11.8. The Kier molecular flexibility index (Phi) is 4.73. The van der Waals surface area contributed by atoms with Gasteiger partial charge >= 0.3 is 0 Å². The Labute approximate surface area is 94.2 Å². The standard InChI is InChI=1S/C10H15N3O3/c1-8(12-9(14)2-3-11)10(15)13-4-6-16-7-5-13/h8H,2,4-7H2,1H3,(H,12,14). The molecule has 0 bridgehead atoms. The zero-order valence-corrected chi connectivity index (χ0v) is 9.23. The van der Waals surface area contributed by atoms with Crippen molar-refractivity contribution in [1.82, 2.24) is 10.2 Å². The van der Waals surface area contributed by atoms with Crippen molar-refractivity contribution in [3.05, 3.63) is 0 Å². The first-order valence-corrected chi connectivity index (χ1v) is 5.18. The lowest BCUT2D eigenvalue weighted by molar-refractivity contribution is -0.139. The predicted octanol–water partition coefficient (Wildman–Crippen LogP) is -0.736. The van der Waals surface area contributed by atoms with Crippen LogP contribution in [0.4, 0.5) is 0 Å². The molecule has 6 nitrogen and oxygen atoms in total. The molecule has 1 atom stereocenters. The number of nitrogens with zero attached hydrogens (tertiary/aromatic N) is 2. The van der Waals surface area contributed by atoms with Crippen LogP contribution in [-0.4, -0.2) is 49.1 Å². The van der Waals surface area contributed by atoms with Gasteiger partial charge in [0.15, 0.2) is 0 Å². The normalized spacial score (nSPS) is 17.4. The van der Waals surface area contributed by atoms with Crippen LogP contribution in [0.5, 0.6) is 0 Å². The molecular formula is C10H15N3O3. The Morgan fingerprint density at radius 3 is 2.69 bits per heavy atom. The highest BCUT2D eigenvalue weighted by atomic mass is 16.5. The molecule has 1 N–H and O–H groups in total.